The highest BCUT2D eigenvalue weighted by atomic mass is 79.9. The van der Waals surface area contributed by atoms with Gasteiger partial charge in [-0.3, -0.25) is 4.98 Å². The molecule has 0 aliphatic heterocycles. The van der Waals surface area contributed by atoms with Gasteiger partial charge in [-0.05, 0) is 29.8 Å². The van der Waals surface area contributed by atoms with Crippen molar-refractivity contribution in [3.05, 3.63) is 69.8 Å². The third-order valence-corrected chi connectivity index (χ3v) is 4.43. The molecule has 2 aromatic heterocycles. The van der Waals surface area contributed by atoms with Gasteiger partial charge in [0, 0.05) is 29.1 Å². The lowest BCUT2D eigenvalue weighted by Crippen LogP contribution is -2.12. The first-order valence-corrected chi connectivity index (χ1v) is 8.29. The Hall–Kier alpha value is -1.56. The van der Waals surface area contributed by atoms with Crippen molar-refractivity contribution in [2.24, 2.45) is 0 Å². The minimum absolute atomic E-state index is 0.763. The van der Waals surface area contributed by atoms with Gasteiger partial charge < -0.3 is 5.32 Å². The van der Waals surface area contributed by atoms with Gasteiger partial charge in [0.15, 0.2) is 0 Å². The summed E-state index contributed by atoms with van der Waals surface area (Å²) in [5, 5.41) is 6.46. The van der Waals surface area contributed by atoms with Crippen molar-refractivity contribution in [1.82, 2.24) is 15.3 Å². The van der Waals surface area contributed by atoms with E-state index in [1.807, 2.05) is 18.2 Å². The quantitative estimate of drug-likeness (QED) is 0.739. The maximum atomic E-state index is 4.61. The van der Waals surface area contributed by atoms with E-state index in [1.165, 1.54) is 5.56 Å². The molecule has 0 saturated carbocycles. The number of rotatable bonds is 5. The first-order chi connectivity index (χ1) is 10.3. The fraction of sp³-hybridized carbons (Fsp3) is 0.125. The Bertz CT molecular complexity index is 695. The average Bonchev–Trinajstić information content (AvgIpc) is 2.99. The van der Waals surface area contributed by atoms with Crippen LogP contribution >= 0.6 is 27.3 Å². The fourth-order valence-electron chi connectivity index (χ4n) is 1.93. The van der Waals surface area contributed by atoms with Gasteiger partial charge in [0.1, 0.15) is 5.01 Å². The first kappa shape index (κ1) is 14.4. The van der Waals surface area contributed by atoms with Crippen molar-refractivity contribution in [3.63, 3.8) is 0 Å². The van der Waals surface area contributed by atoms with Crippen LogP contribution in [0.15, 0.2) is 58.5 Å². The molecule has 2 heterocycles. The van der Waals surface area contributed by atoms with Crippen molar-refractivity contribution >= 4 is 27.3 Å². The molecule has 1 aromatic carbocycles. The summed E-state index contributed by atoms with van der Waals surface area (Å²) in [5.74, 6) is 0. The SMILES string of the molecule is Brc1ccc(CNCc2csc(-c3ccccn3)n2)cc1. The molecule has 0 spiro atoms. The predicted octanol–water partition coefficient (Wildman–Crippen LogP) is 4.26. The molecule has 106 valence electrons. The highest BCUT2D eigenvalue weighted by Gasteiger charge is 2.05. The highest BCUT2D eigenvalue weighted by molar-refractivity contribution is 9.10. The number of thiazole rings is 1. The monoisotopic (exact) mass is 359 g/mol. The Morgan fingerprint density at radius 3 is 2.67 bits per heavy atom. The summed E-state index contributed by atoms with van der Waals surface area (Å²) in [6, 6.07) is 14.2. The van der Waals surface area contributed by atoms with Gasteiger partial charge in [-0.25, -0.2) is 4.98 Å². The molecule has 0 atom stereocenters. The molecular formula is C16H14BrN3S. The molecule has 0 amide bonds. The second-order valence-corrected chi connectivity index (χ2v) is 6.36. The number of nitrogens with one attached hydrogen (secondary N) is 1. The molecule has 1 N–H and O–H groups in total. The number of halogens is 1. The molecule has 3 rings (SSSR count). The average molecular weight is 360 g/mol. The first-order valence-electron chi connectivity index (χ1n) is 6.62. The topological polar surface area (TPSA) is 37.8 Å². The van der Waals surface area contributed by atoms with E-state index in [4.69, 9.17) is 0 Å². The zero-order valence-corrected chi connectivity index (χ0v) is 13.7. The van der Waals surface area contributed by atoms with Crippen LogP contribution in [0.3, 0.4) is 0 Å². The lowest BCUT2D eigenvalue weighted by Gasteiger charge is -2.03. The summed E-state index contributed by atoms with van der Waals surface area (Å²) in [5.41, 5.74) is 3.25. The van der Waals surface area contributed by atoms with E-state index in [0.29, 0.717) is 0 Å². The summed E-state index contributed by atoms with van der Waals surface area (Å²) in [6.07, 6.45) is 1.79. The molecule has 0 fully saturated rings. The maximum absolute atomic E-state index is 4.61. The molecule has 0 bridgehead atoms. The predicted molar refractivity (Wildman–Crippen MR) is 90.0 cm³/mol. The normalized spacial score (nSPS) is 10.7. The van der Waals surface area contributed by atoms with Crippen LogP contribution in [0.2, 0.25) is 0 Å². The van der Waals surface area contributed by atoms with Gasteiger partial charge in [0.2, 0.25) is 0 Å². The largest absolute Gasteiger partial charge is 0.307 e. The van der Waals surface area contributed by atoms with Crippen LogP contribution in [-0.4, -0.2) is 9.97 Å². The molecule has 21 heavy (non-hydrogen) atoms. The van der Waals surface area contributed by atoms with E-state index >= 15 is 0 Å². The minimum Gasteiger partial charge on any atom is -0.307 e. The van der Waals surface area contributed by atoms with Crippen LogP contribution < -0.4 is 5.32 Å². The van der Waals surface area contributed by atoms with Crippen molar-refractivity contribution in [3.8, 4) is 10.7 Å². The molecule has 0 unspecified atom stereocenters. The van der Waals surface area contributed by atoms with Crippen LogP contribution in [0.25, 0.3) is 10.7 Å². The molecule has 5 heteroatoms. The van der Waals surface area contributed by atoms with Crippen LogP contribution in [0.5, 0.6) is 0 Å². The van der Waals surface area contributed by atoms with Crippen LogP contribution in [0, 0.1) is 0 Å². The molecule has 0 saturated heterocycles. The van der Waals surface area contributed by atoms with Crippen LogP contribution in [0.1, 0.15) is 11.3 Å². The maximum Gasteiger partial charge on any atom is 0.142 e. The van der Waals surface area contributed by atoms with Gasteiger partial charge in [0.25, 0.3) is 0 Å². The standard InChI is InChI=1S/C16H14BrN3S/c17-13-6-4-12(5-7-13)9-18-10-14-11-21-16(20-14)15-3-1-2-8-19-15/h1-8,11,18H,9-10H2. The second-order valence-electron chi connectivity index (χ2n) is 4.59. The Morgan fingerprint density at radius 2 is 1.90 bits per heavy atom. The van der Waals surface area contributed by atoms with Crippen LogP contribution in [0.4, 0.5) is 0 Å². The van der Waals surface area contributed by atoms with Gasteiger partial charge in [-0.15, -0.1) is 11.3 Å². The van der Waals surface area contributed by atoms with Crippen molar-refractivity contribution in [1.29, 1.82) is 0 Å². The van der Waals surface area contributed by atoms with Gasteiger partial charge in [0.05, 0.1) is 11.4 Å². The van der Waals surface area contributed by atoms with E-state index in [-0.39, 0.29) is 0 Å². The van der Waals surface area contributed by atoms with Crippen LogP contribution in [-0.2, 0) is 13.1 Å². The number of nitrogens with zero attached hydrogens (tertiary/aromatic N) is 2. The Balaban J connectivity index is 1.57. The third kappa shape index (κ3) is 3.97. The second kappa shape index (κ2) is 6.93. The lowest BCUT2D eigenvalue weighted by atomic mass is 10.2. The van der Waals surface area contributed by atoms with E-state index < -0.39 is 0 Å². The van der Waals surface area contributed by atoms with Crippen molar-refractivity contribution in [2.45, 2.75) is 13.1 Å². The number of pyridine rings is 1. The van der Waals surface area contributed by atoms with Gasteiger partial charge in [-0.1, -0.05) is 34.1 Å². The molecule has 0 radical (unpaired) electrons. The van der Waals surface area contributed by atoms with Gasteiger partial charge >= 0.3 is 0 Å². The molecule has 0 aliphatic carbocycles. The molecule has 0 aliphatic rings. The number of benzene rings is 1. The van der Waals surface area contributed by atoms with E-state index in [9.17, 15) is 0 Å². The zero-order valence-electron chi connectivity index (χ0n) is 11.3. The summed E-state index contributed by atoms with van der Waals surface area (Å²) in [4.78, 5) is 8.93. The summed E-state index contributed by atoms with van der Waals surface area (Å²) in [7, 11) is 0. The van der Waals surface area contributed by atoms with Crippen molar-refractivity contribution in [2.75, 3.05) is 0 Å². The fourth-order valence-corrected chi connectivity index (χ4v) is 2.99. The number of aromatic nitrogens is 2. The van der Waals surface area contributed by atoms with E-state index in [1.54, 1.807) is 17.5 Å². The Kier molecular flexibility index (Phi) is 4.75. The van der Waals surface area contributed by atoms with E-state index in [0.717, 1.165) is 34.0 Å². The number of hydrogen-bond acceptors (Lipinski definition) is 4. The molecule has 3 aromatic rings. The summed E-state index contributed by atoms with van der Waals surface area (Å²) in [6.45, 7) is 1.60. The van der Waals surface area contributed by atoms with Crippen molar-refractivity contribution < 1.29 is 0 Å². The zero-order chi connectivity index (χ0) is 14.5. The third-order valence-electron chi connectivity index (χ3n) is 2.98. The van der Waals surface area contributed by atoms with Gasteiger partial charge in [-0.2, -0.15) is 0 Å². The minimum atomic E-state index is 0.763. The molecular weight excluding hydrogens is 346 g/mol. The number of hydrogen-bond donors (Lipinski definition) is 1. The Morgan fingerprint density at radius 1 is 1.05 bits per heavy atom. The van der Waals surface area contributed by atoms with E-state index in [2.05, 4.69) is 60.9 Å². The molecule has 3 nitrogen and oxygen atoms in total. The highest BCUT2D eigenvalue weighted by Crippen LogP contribution is 2.21. The Labute approximate surface area is 136 Å². The summed E-state index contributed by atoms with van der Waals surface area (Å²) < 4.78 is 1.10. The lowest BCUT2D eigenvalue weighted by molar-refractivity contribution is 0.683. The summed E-state index contributed by atoms with van der Waals surface area (Å²) >= 11 is 5.07. The smallest absolute Gasteiger partial charge is 0.142 e.